The summed E-state index contributed by atoms with van der Waals surface area (Å²) in [5.74, 6) is -0.861. The van der Waals surface area contributed by atoms with Crippen molar-refractivity contribution in [3.05, 3.63) is 88.2 Å². The Balaban J connectivity index is 1.12. The fourth-order valence-corrected chi connectivity index (χ4v) is 7.25. The first-order valence-electron chi connectivity index (χ1n) is 16.1. The largest absolute Gasteiger partial charge is 0.416 e. The van der Waals surface area contributed by atoms with Crippen LogP contribution in [0.4, 0.5) is 26.3 Å². The molecule has 48 heavy (non-hydrogen) atoms. The number of piperidine rings is 1. The van der Waals surface area contributed by atoms with Crippen LogP contribution in [0.1, 0.15) is 56.1 Å². The number of aromatic nitrogens is 2. The smallest absolute Gasteiger partial charge is 0.335 e. The highest BCUT2D eigenvalue weighted by Crippen LogP contribution is 2.37. The van der Waals surface area contributed by atoms with Gasteiger partial charge >= 0.3 is 12.4 Å². The van der Waals surface area contributed by atoms with Crippen molar-refractivity contribution >= 4 is 11.8 Å². The van der Waals surface area contributed by atoms with Crippen LogP contribution in [0.2, 0.25) is 0 Å². The summed E-state index contributed by atoms with van der Waals surface area (Å²) in [5, 5.41) is 4.27. The molecule has 6 rings (SSSR count). The zero-order chi connectivity index (χ0) is 34.4. The van der Waals surface area contributed by atoms with Gasteiger partial charge in [0.25, 0.3) is 11.8 Å². The number of likely N-dealkylation sites (tertiary alicyclic amines) is 2. The van der Waals surface area contributed by atoms with Crippen molar-refractivity contribution in [3.63, 3.8) is 0 Å². The molecule has 0 unspecified atom stereocenters. The summed E-state index contributed by atoms with van der Waals surface area (Å²) in [7, 11) is 1.76. The van der Waals surface area contributed by atoms with Crippen LogP contribution >= 0.6 is 0 Å². The second kappa shape index (κ2) is 13.2. The minimum absolute atomic E-state index is 0.0292. The highest BCUT2D eigenvalue weighted by Gasteiger charge is 2.42. The number of rotatable bonds is 6. The molecule has 2 amide bonds. The predicted octanol–water partition coefficient (Wildman–Crippen LogP) is 5.12. The van der Waals surface area contributed by atoms with Crippen LogP contribution in [0.5, 0.6) is 0 Å². The van der Waals surface area contributed by atoms with Gasteiger partial charge in [0.1, 0.15) is 5.69 Å². The predicted molar refractivity (Wildman–Crippen MR) is 165 cm³/mol. The van der Waals surface area contributed by atoms with E-state index in [1.54, 1.807) is 17.8 Å². The number of piperazine rings is 1. The summed E-state index contributed by atoms with van der Waals surface area (Å²) in [5.41, 5.74) is -1.33. The lowest BCUT2D eigenvalue weighted by Crippen LogP contribution is -2.65. The molecule has 14 heteroatoms. The summed E-state index contributed by atoms with van der Waals surface area (Å²) < 4.78 is 83.1. The van der Waals surface area contributed by atoms with E-state index >= 15 is 0 Å². The van der Waals surface area contributed by atoms with Crippen molar-refractivity contribution in [2.75, 3.05) is 45.8 Å². The summed E-state index contributed by atoms with van der Waals surface area (Å²) in [6, 6.07) is 12.2. The molecule has 8 nitrogen and oxygen atoms in total. The molecule has 3 saturated heterocycles. The minimum atomic E-state index is -5.04. The van der Waals surface area contributed by atoms with Gasteiger partial charge in [0.2, 0.25) is 0 Å². The SMILES string of the molecule is Cc1cc(C(=O)N2CC(N3CCN([C@H]4CCN(C(=O)c5cc(C(F)(F)F)cc(C(F)(F)F)c5)[C@H](Cc5ccccc5)C4)CC3)C2)n(C)n1. The standard InChI is InChI=1S/C34H38F6N6O2/c1-22-14-30(42(2)41-22)32(48)45-20-29(21-45)44-12-10-43(11-13-44)27-8-9-46(28(19-27)15-23-6-4-3-5-7-23)31(47)24-16-25(33(35,36)37)18-26(17-24)34(38,39)40/h3-7,14,16-18,27-29H,8-13,15,19-21H2,1-2H3/t27-,28+/m0/s1. The number of nitrogens with zero attached hydrogens (tertiary/aromatic N) is 6. The quantitative estimate of drug-likeness (QED) is 0.340. The van der Waals surface area contributed by atoms with Gasteiger partial charge in [-0.3, -0.25) is 24.1 Å². The Bertz CT molecular complexity index is 1590. The van der Waals surface area contributed by atoms with Crippen LogP contribution in [-0.4, -0.2) is 105 Å². The third kappa shape index (κ3) is 7.24. The number of carbonyl (C=O) groups is 2. The molecular formula is C34H38F6N6O2. The van der Waals surface area contributed by atoms with Gasteiger partial charge in [-0.05, 0) is 56.0 Å². The monoisotopic (exact) mass is 676 g/mol. The van der Waals surface area contributed by atoms with E-state index in [0.717, 1.165) is 37.4 Å². The van der Waals surface area contributed by atoms with E-state index in [-0.39, 0.29) is 30.6 Å². The van der Waals surface area contributed by atoms with Gasteiger partial charge in [-0.1, -0.05) is 30.3 Å². The lowest BCUT2D eigenvalue weighted by Gasteiger charge is -2.50. The molecule has 0 saturated carbocycles. The highest BCUT2D eigenvalue weighted by atomic mass is 19.4. The van der Waals surface area contributed by atoms with Gasteiger partial charge in [-0.15, -0.1) is 0 Å². The molecule has 258 valence electrons. The molecule has 0 radical (unpaired) electrons. The summed E-state index contributed by atoms with van der Waals surface area (Å²) in [6.45, 7) is 6.54. The Morgan fingerprint density at radius 1 is 0.792 bits per heavy atom. The average molecular weight is 677 g/mol. The summed E-state index contributed by atoms with van der Waals surface area (Å²) in [4.78, 5) is 34.7. The van der Waals surface area contributed by atoms with Gasteiger partial charge < -0.3 is 9.80 Å². The van der Waals surface area contributed by atoms with E-state index in [1.165, 1.54) is 4.90 Å². The van der Waals surface area contributed by atoms with Crippen molar-refractivity contribution < 1.29 is 35.9 Å². The van der Waals surface area contributed by atoms with Gasteiger partial charge in [0.05, 0.1) is 16.8 Å². The Morgan fingerprint density at radius 3 is 1.92 bits per heavy atom. The van der Waals surface area contributed by atoms with Gasteiger partial charge in [-0.2, -0.15) is 31.4 Å². The number of benzene rings is 2. The van der Waals surface area contributed by atoms with Crippen LogP contribution in [0.15, 0.2) is 54.6 Å². The molecule has 0 aliphatic carbocycles. The lowest BCUT2D eigenvalue weighted by atomic mass is 9.90. The highest BCUT2D eigenvalue weighted by molar-refractivity contribution is 5.95. The van der Waals surface area contributed by atoms with Gasteiger partial charge in [-0.25, -0.2) is 0 Å². The third-order valence-electron chi connectivity index (χ3n) is 9.85. The van der Waals surface area contributed by atoms with Crippen LogP contribution in [-0.2, 0) is 25.8 Å². The zero-order valence-electron chi connectivity index (χ0n) is 26.8. The number of hydrogen-bond acceptors (Lipinski definition) is 5. The number of alkyl halides is 6. The summed E-state index contributed by atoms with van der Waals surface area (Å²) in [6.07, 6.45) is -8.56. The average Bonchev–Trinajstić information content (AvgIpc) is 3.37. The van der Waals surface area contributed by atoms with Gasteiger partial charge in [0, 0.05) is 76.5 Å². The van der Waals surface area contributed by atoms with Crippen molar-refractivity contribution in [1.29, 1.82) is 0 Å². The molecule has 3 aromatic rings. The van der Waals surface area contributed by atoms with E-state index in [0.29, 0.717) is 50.2 Å². The molecule has 3 fully saturated rings. The molecule has 4 heterocycles. The van der Waals surface area contributed by atoms with Gasteiger partial charge in [0.15, 0.2) is 0 Å². The first-order chi connectivity index (χ1) is 22.7. The van der Waals surface area contributed by atoms with Crippen LogP contribution in [0, 0.1) is 6.92 Å². The minimum Gasteiger partial charge on any atom is -0.335 e. The Morgan fingerprint density at radius 2 is 1.38 bits per heavy atom. The fourth-order valence-electron chi connectivity index (χ4n) is 7.25. The topological polar surface area (TPSA) is 64.9 Å². The molecule has 2 aromatic carbocycles. The molecule has 1 aromatic heterocycles. The second-order valence-corrected chi connectivity index (χ2v) is 13.0. The van der Waals surface area contributed by atoms with Crippen LogP contribution in [0.3, 0.4) is 0 Å². The van der Waals surface area contributed by atoms with Crippen molar-refractivity contribution in [1.82, 2.24) is 29.4 Å². The molecular weight excluding hydrogens is 638 g/mol. The van der Waals surface area contributed by atoms with E-state index in [4.69, 9.17) is 0 Å². The maximum atomic E-state index is 13.7. The lowest BCUT2D eigenvalue weighted by molar-refractivity contribution is -0.143. The Labute approximate surface area is 274 Å². The Kier molecular flexibility index (Phi) is 9.33. The molecule has 0 bridgehead atoms. The number of halogens is 6. The fraction of sp³-hybridized carbons (Fsp3) is 0.500. The van der Waals surface area contributed by atoms with Crippen molar-refractivity contribution in [3.8, 4) is 0 Å². The molecule has 3 aliphatic heterocycles. The Hall–Kier alpha value is -3.91. The van der Waals surface area contributed by atoms with E-state index < -0.39 is 41.0 Å². The van der Waals surface area contributed by atoms with E-state index in [2.05, 4.69) is 14.9 Å². The molecule has 0 spiro atoms. The third-order valence-corrected chi connectivity index (χ3v) is 9.85. The van der Waals surface area contributed by atoms with Crippen LogP contribution < -0.4 is 0 Å². The van der Waals surface area contributed by atoms with E-state index in [9.17, 15) is 35.9 Å². The number of aryl methyl sites for hydroxylation is 2. The maximum Gasteiger partial charge on any atom is 0.416 e. The number of amides is 2. The number of carbonyl (C=O) groups excluding carboxylic acids is 2. The first kappa shape index (κ1) is 34.0. The normalized spacial score (nSPS) is 21.8. The number of hydrogen-bond donors (Lipinski definition) is 0. The first-order valence-corrected chi connectivity index (χ1v) is 16.1. The van der Waals surface area contributed by atoms with Crippen molar-refractivity contribution in [2.45, 2.75) is 56.7 Å². The zero-order valence-corrected chi connectivity index (χ0v) is 26.8. The van der Waals surface area contributed by atoms with E-state index in [1.807, 2.05) is 42.2 Å². The van der Waals surface area contributed by atoms with Crippen LogP contribution in [0.25, 0.3) is 0 Å². The molecule has 3 aliphatic rings. The second-order valence-electron chi connectivity index (χ2n) is 13.0. The maximum absolute atomic E-state index is 13.7. The van der Waals surface area contributed by atoms with Crippen molar-refractivity contribution in [2.24, 2.45) is 7.05 Å². The molecule has 2 atom stereocenters. The molecule has 0 N–H and O–H groups in total. The summed E-state index contributed by atoms with van der Waals surface area (Å²) >= 11 is 0.